The van der Waals surface area contributed by atoms with Gasteiger partial charge in [-0.3, -0.25) is 9.10 Å². The fourth-order valence-corrected chi connectivity index (χ4v) is 6.29. The summed E-state index contributed by atoms with van der Waals surface area (Å²) in [7, 11) is -2.31. The highest BCUT2D eigenvalue weighted by molar-refractivity contribution is 7.92. The van der Waals surface area contributed by atoms with Gasteiger partial charge in [0.15, 0.2) is 4.80 Å². The van der Waals surface area contributed by atoms with Gasteiger partial charge in [-0.25, -0.2) is 8.42 Å². The van der Waals surface area contributed by atoms with E-state index in [1.807, 2.05) is 23.6 Å². The third-order valence-electron chi connectivity index (χ3n) is 5.47. The minimum Gasteiger partial charge on any atom is -0.380 e. The number of carbonyl (C=O) groups is 1. The van der Waals surface area contributed by atoms with Crippen LogP contribution in [0.5, 0.6) is 0 Å². The predicted octanol–water partition coefficient (Wildman–Crippen LogP) is 5.61. The van der Waals surface area contributed by atoms with Crippen molar-refractivity contribution in [2.75, 3.05) is 24.6 Å². The summed E-state index contributed by atoms with van der Waals surface area (Å²) in [6.07, 6.45) is 0. The first-order chi connectivity index (χ1) is 17.2. The lowest BCUT2D eigenvalue weighted by atomic mass is 10.2. The van der Waals surface area contributed by atoms with Crippen LogP contribution in [0.2, 0.25) is 10.0 Å². The lowest BCUT2D eigenvalue weighted by Gasteiger charge is -2.19. The van der Waals surface area contributed by atoms with Crippen LogP contribution in [0.25, 0.3) is 10.2 Å². The van der Waals surface area contributed by atoms with Gasteiger partial charge >= 0.3 is 0 Å². The van der Waals surface area contributed by atoms with E-state index < -0.39 is 15.9 Å². The summed E-state index contributed by atoms with van der Waals surface area (Å²) in [6.45, 7) is 3.30. The smallest absolute Gasteiger partial charge is 0.279 e. The number of para-hydroxylation sites is 1. The Labute approximate surface area is 223 Å². The molecule has 188 valence electrons. The van der Waals surface area contributed by atoms with E-state index in [9.17, 15) is 13.2 Å². The second-order valence-electron chi connectivity index (χ2n) is 7.69. The SMILES string of the molecule is CCOCCn1c(=NC(=O)c2ccc(S(=O)(=O)N(C)c3ccccc3)cc2)sc2ccc(Cl)c(Cl)c21. The first kappa shape index (κ1) is 26.4. The molecule has 0 spiro atoms. The van der Waals surface area contributed by atoms with E-state index in [0.717, 1.165) is 4.70 Å². The van der Waals surface area contributed by atoms with Gasteiger partial charge in [0.2, 0.25) is 0 Å². The molecule has 1 heterocycles. The number of ether oxygens (including phenoxy) is 1. The molecule has 0 aliphatic carbocycles. The number of aromatic nitrogens is 1. The zero-order valence-electron chi connectivity index (χ0n) is 19.5. The standard InChI is InChI=1S/C25H23Cl2N3O4S2/c1-3-34-16-15-30-23-21(14-13-20(26)22(23)27)35-25(30)28-24(31)17-9-11-19(12-10-17)36(32,33)29(2)18-7-5-4-6-8-18/h4-14H,3,15-16H2,1-2H3. The molecule has 0 aliphatic rings. The van der Waals surface area contributed by atoms with E-state index in [1.165, 1.54) is 47.0 Å². The Morgan fingerprint density at radius 1 is 1.06 bits per heavy atom. The number of fused-ring (bicyclic) bond motifs is 1. The van der Waals surface area contributed by atoms with Crippen molar-refractivity contribution >= 4 is 66.4 Å². The number of nitrogens with zero attached hydrogens (tertiary/aromatic N) is 3. The van der Waals surface area contributed by atoms with Gasteiger partial charge in [0.05, 0.1) is 37.5 Å². The molecule has 0 aliphatic heterocycles. The van der Waals surface area contributed by atoms with Gasteiger partial charge in [-0.2, -0.15) is 4.99 Å². The maximum atomic E-state index is 13.0. The minimum atomic E-state index is -3.79. The fraction of sp³-hybridized carbons (Fsp3) is 0.200. The van der Waals surface area contributed by atoms with Gasteiger partial charge in [0.25, 0.3) is 15.9 Å². The Morgan fingerprint density at radius 2 is 1.75 bits per heavy atom. The maximum Gasteiger partial charge on any atom is 0.279 e. The molecule has 36 heavy (non-hydrogen) atoms. The van der Waals surface area contributed by atoms with Crippen molar-refractivity contribution in [3.63, 3.8) is 0 Å². The highest BCUT2D eigenvalue weighted by atomic mass is 35.5. The van der Waals surface area contributed by atoms with Crippen LogP contribution in [0.4, 0.5) is 5.69 Å². The lowest BCUT2D eigenvalue weighted by molar-refractivity contribution is 0.0996. The summed E-state index contributed by atoms with van der Waals surface area (Å²) in [4.78, 5) is 17.8. The largest absolute Gasteiger partial charge is 0.380 e. The number of thiazole rings is 1. The molecule has 0 saturated heterocycles. The monoisotopic (exact) mass is 563 g/mol. The summed E-state index contributed by atoms with van der Waals surface area (Å²) >= 11 is 14.0. The second kappa shape index (κ2) is 11.1. The average molecular weight is 565 g/mol. The van der Waals surface area contributed by atoms with E-state index >= 15 is 0 Å². The number of benzene rings is 3. The van der Waals surface area contributed by atoms with E-state index in [2.05, 4.69) is 4.99 Å². The van der Waals surface area contributed by atoms with Gasteiger partial charge in [0.1, 0.15) is 0 Å². The number of hydrogen-bond donors (Lipinski definition) is 0. The van der Waals surface area contributed by atoms with E-state index in [4.69, 9.17) is 27.9 Å². The molecule has 0 unspecified atom stereocenters. The van der Waals surface area contributed by atoms with Gasteiger partial charge in [-0.05, 0) is 55.5 Å². The molecule has 3 aromatic carbocycles. The minimum absolute atomic E-state index is 0.0699. The van der Waals surface area contributed by atoms with Crippen molar-refractivity contribution in [1.82, 2.24) is 4.57 Å². The molecule has 1 amide bonds. The Kier molecular flexibility index (Phi) is 8.17. The number of rotatable bonds is 8. The third kappa shape index (κ3) is 5.35. The van der Waals surface area contributed by atoms with Crippen LogP contribution in [0.3, 0.4) is 0 Å². The van der Waals surface area contributed by atoms with Gasteiger partial charge in [-0.15, -0.1) is 0 Å². The molecule has 7 nitrogen and oxygen atoms in total. The zero-order valence-corrected chi connectivity index (χ0v) is 22.7. The van der Waals surface area contributed by atoms with Crippen LogP contribution < -0.4 is 9.11 Å². The predicted molar refractivity (Wildman–Crippen MR) is 145 cm³/mol. The van der Waals surface area contributed by atoms with E-state index in [-0.39, 0.29) is 10.5 Å². The van der Waals surface area contributed by atoms with Gasteiger partial charge < -0.3 is 9.30 Å². The molecule has 0 fully saturated rings. The fourth-order valence-electron chi connectivity index (χ4n) is 3.55. The Bertz CT molecular complexity index is 1560. The Balaban J connectivity index is 1.67. The summed E-state index contributed by atoms with van der Waals surface area (Å²) in [5.74, 6) is -0.505. The molecule has 0 N–H and O–H groups in total. The normalized spacial score (nSPS) is 12.3. The van der Waals surface area contributed by atoms with Gasteiger partial charge in [0, 0.05) is 25.8 Å². The molecule has 1 aromatic heterocycles. The average Bonchev–Trinajstić information content (AvgIpc) is 3.24. The van der Waals surface area contributed by atoms with Crippen molar-refractivity contribution < 1.29 is 17.9 Å². The molecule has 0 saturated carbocycles. The van der Waals surface area contributed by atoms with Crippen molar-refractivity contribution in [2.24, 2.45) is 4.99 Å². The molecule has 4 aromatic rings. The van der Waals surface area contributed by atoms with Crippen LogP contribution in [0.1, 0.15) is 17.3 Å². The first-order valence-electron chi connectivity index (χ1n) is 11.0. The van der Waals surface area contributed by atoms with Crippen LogP contribution >= 0.6 is 34.5 Å². The van der Waals surface area contributed by atoms with Crippen molar-refractivity contribution in [3.05, 3.63) is 87.1 Å². The number of hydrogen-bond acceptors (Lipinski definition) is 5. The van der Waals surface area contributed by atoms with Crippen LogP contribution in [-0.2, 0) is 21.3 Å². The summed E-state index contributed by atoms with van der Waals surface area (Å²) in [5, 5.41) is 0.787. The molecule has 4 rings (SSSR count). The van der Waals surface area contributed by atoms with E-state index in [0.29, 0.717) is 45.8 Å². The molecule has 0 radical (unpaired) electrons. The van der Waals surface area contributed by atoms with Crippen LogP contribution in [-0.4, -0.2) is 39.2 Å². The maximum absolute atomic E-state index is 13.0. The third-order valence-corrected chi connectivity index (χ3v) is 9.11. The van der Waals surface area contributed by atoms with Crippen molar-refractivity contribution in [1.29, 1.82) is 0 Å². The number of carbonyl (C=O) groups excluding carboxylic acids is 1. The molecule has 0 bridgehead atoms. The second-order valence-corrected chi connectivity index (χ2v) is 11.5. The summed E-state index contributed by atoms with van der Waals surface area (Å²) in [6, 6.07) is 18.0. The topological polar surface area (TPSA) is 81.0 Å². The quantitative estimate of drug-likeness (QED) is 0.261. The summed E-state index contributed by atoms with van der Waals surface area (Å²) in [5.41, 5.74) is 1.48. The van der Waals surface area contributed by atoms with Gasteiger partial charge in [-0.1, -0.05) is 52.7 Å². The summed E-state index contributed by atoms with van der Waals surface area (Å²) < 4.78 is 35.4. The number of amides is 1. The number of sulfonamides is 1. The lowest BCUT2D eigenvalue weighted by Crippen LogP contribution is -2.26. The molecule has 11 heteroatoms. The molecular weight excluding hydrogens is 541 g/mol. The number of anilines is 1. The van der Waals surface area contributed by atoms with Crippen LogP contribution in [0, 0.1) is 0 Å². The van der Waals surface area contributed by atoms with E-state index in [1.54, 1.807) is 30.3 Å². The van der Waals surface area contributed by atoms with Crippen LogP contribution in [0.15, 0.2) is 76.6 Å². The Morgan fingerprint density at radius 3 is 2.42 bits per heavy atom. The molecular formula is C25H23Cl2N3O4S2. The number of halogens is 2. The first-order valence-corrected chi connectivity index (χ1v) is 14.0. The molecule has 0 atom stereocenters. The Hall–Kier alpha value is -2.69. The van der Waals surface area contributed by atoms with Crippen molar-refractivity contribution in [3.8, 4) is 0 Å². The van der Waals surface area contributed by atoms with Crippen molar-refractivity contribution in [2.45, 2.75) is 18.4 Å². The highest BCUT2D eigenvalue weighted by Crippen LogP contribution is 2.32. The highest BCUT2D eigenvalue weighted by Gasteiger charge is 2.21. The zero-order chi connectivity index (χ0) is 25.9.